The Morgan fingerprint density at radius 3 is 2.48 bits per heavy atom. The van der Waals surface area contributed by atoms with E-state index in [1.165, 1.54) is 6.07 Å². The van der Waals surface area contributed by atoms with Gasteiger partial charge in [-0.2, -0.15) is 0 Å². The fourth-order valence-corrected chi connectivity index (χ4v) is 2.06. The fraction of sp³-hybridized carbons (Fsp3) is 0.500. The number of phenols is 1. The summed E-state index contributed by atoms with van der Waals surface area (Å²) in [6, 6.07) is 4.95. The van der Waals surface area contributed by atoms with Gasteiger partial charge in [-0.3, -0.25) is 9.59 Å². The minimum absolute atomic E-state index is 0.138. The first-order valence-electron chi connectivity index (χ1n) is 7.24. The Morgan fingerprint density at radius 1 is 1.19 bits per heavy atom. The lowest BCUT2D eigenvalue weighted by Gasteiger charge is -2.10. The van der Waals surface area contributed by atoms with Crippen LogP contribution in [0.3, 0.4) is 0 Å². The van der Waals surface area contributed by atoms with E-state index in [0.717, 1.165) is 18.4 Å². The van der Waals surface area contributed by atoms with Crippen molar-refractivity contribution in [1.82, 2.24) is 5.32 Å². The summed E-state index contributed by atoms with van der Waals surface area (Å²) < 4.78 is 0. The molecule has 0 fully saturated rings. The van der Waals surface area contributed by atoms with Crippen molar-refractivity contribution in [1.29, 1.82) is 0 Å². The number of rotatable bonds is 8. The summed E-state index contributed by atoms with van der Waals surface area (Å²) in [7, 11) is 0. The molecule has 0 bridgehead atoms. The zero-order valence-electron chi connectivity index (χ0n) is 12.6. The normalized spacial score (nSPS) is 10.6. The topological polar surface area (TPSA) is 86.6 Å². The van der Waals surface area contributed by atoms with Crippen LogP contribution in [-0.4, -0.2) is 28.6 Å². The standard InChI is InChI=1S/C16H23NO4/c1-11(2)13-8-7-12(10-14(13)18)16(21)17-9-5-3-4-6-15(19)20/h7-8,10-11,18H,3-6,9H2,1-2H3,(H,17,21)(H,19,20). The van der Waals surface area contributed by atoms with Gasteiger partial charge in [0, 0.05) is 18.5 Å². The van der Waals surface area contributed by atoms with Gasteiger partial charge in [-0.05, 0) is 36.5 Å². The number of benzene rings is 1. The van der Waals surface area contributed by atoms with E-state index in [-0.39, 0.29) is 24.0 Å². The van der Waals surface area contributed by atoms with Crippen LogP contribution in [0.1, 0.15) is 61.4 Å². The van der Waals surface area contributed by atoms with Gasteiger partial charge in [0.1, 0.15) is 5.75 Å². The van der Waals surface area contributed by atoms with Crippen LogP contribution in [0, 0.1) is 0 Å². The Morgan fingerprint density at radius 2 is 1.90 bits per heavy atom. The number of unbranched alkanes of at least 4 members (excludes halogenated alkanes) is 2. The predicted molar refractivity (Wildman–Crippen MR) is 80.6 cm³/mol. The molecule has 5 heteroatoms. The first-order chi connectivity index (χ1) is 9.91. The lowest BCUT2D eigenvalue weighted by molar-refractivity contribution is -0.137. The minimum Gasteiger partial charge on any atom is -0.508 e. The van der Waals surface area contributed by atoms with Crippen LogP contribution in [0.4, 0.5) is 0 Å². The largest absolute Gasteiger partial charge is 0.508 e. The number of carboxylic acids is 1. The summed E-state index contributed by atoms with van der Waals surface area (Å²) in [5, 5.41) is 21.1. The van der Waals surface area contributed by atoms with Crippen LogP contribution < -0.4 is 5.32 Å². The number of carboxylic acid groups (broad SMARTS) is 1. The number of hydrogen-bond donors (Lipinski definition) is 3. The van der Waals surface area contributed by atoms with Gasteiger partial charge in [-0.15, -0.1) is 0 Å². The van der Waals surface area contributed by atoms with Crippen molar-refractivity contribution >= 4 is 11.9 Å². The quantitative estimate of drug-likeness (QED) is 0.643. The van der Waals surface area contributed by atoms with Gasteiger partial charge in [0.15, 0.2) is 0 Å². The second kappa shape index (κ2) is 8.29. The predicted octanol–water partition coefficient (Wildman–Crippen LogP) is 2.89. The van der Waals surface area contributed by atoms with Gasteiger partial charge in [0.05, 0.1) is 0 Å². The van der Waals surface area contributed by atoms with E-state index in [4.69, 9.17) is 5.11 Å². The molecule has 116 valence electrons. The van der Waals surface area contributed by atoms with Crippen LogP contribution in [0.15, 0.2) is 18.2 Å². The highest BCUT2D eigenvalue weighted by Crippen LogP contribution is 2.26. The van der Waals surface area contributed by atoms with Crippen molar-refractivity contribution in [2.45, 2.75) is 45.4 Å². The first-order valence-corrected chi connectivity index (χ1v) is 7.24. The molecule has 0 unspecified atom stereocenters. The molecule has 0 saturated heterocycles. The number of aromatic hydroxyl groups is 1. The van der Waals surface area contributed by atoms with E-state index >= 15 is 0 Å². The van der Waals surface area contributed by atoms with Crippen molar-refractivity contribution in [3.63, 3.8) is 0 Å². The number of aliphatic carboxylic acids is 1. The summed E-state index contributed by atoms with van der Waals surface area (Å²) in [6.45, 7) is 4.46. The van der Waals surface area contributed by atoms with Gasteiger partial charge in [0.25, 0.3) is 5.91 Å². The smallest absolute Gasteiger partial charge is 0.303 e. The molecular formula is C16H23NO4. The number of amides is 1. The highest BCUT2D eigenvalue weighted by Gasteiger charge is 2.10. The van der Waals surface area contributed by atoms with Gasteiger partial charge in [-0.25, -0.2) is 0 Å². The van der Waals surface area contributed by atoms with Crippen LogP contribution >= 0.6 is 0 Å². The Bertz CT molecular complexity index is 497. The highest BCUT2D eigenvalue weighted by molar-refractivity contribution is 5.94. The summed E-state index contributed by atoms with van der Waals surface area (Å²) in [6.07, 6.45) is 2.30. The molecule has 0 spiro atoms. The molecule has 3 N–H and O–H groups in total. The third-order valence-electron chi connectivity index (χ3n) is 3.27. The molecule has 0 aromatic heterocycles. The summed E-state index contributed by atoms with van der Waals surface area (Å²) >= 11 is 0. The zero-order valence-corrected chi connectivity index (χ0v) is 12.6. The maximum Gasteiger partial charge on any atom is 0.303 e. The number of phenolic OH excluding ortho intramolecular Hbond substituents is 1. The molecule has 1 aromatic rings. The van der Waals surface area contributed by atoms with Crippen LogP contribution in [0.2, 0.25) is 0 Å². The summed E-state index contributed by atoms with van der Waals surface area (Å²) in [5.74, 6) is -0.672. The van der Waals surface area contributed by atoms with E-state index < -0.39 is 5.97 Å². The number of carbonyl (C=O) groups excluding carboxylic acids is 1. The minimum atomic E-state index is -0.792. The molecular weight excluding hydrogens is 270 g/mol. The van der Waals surface area contributed by atoms with E-state index in [9.17, 15) is 14.7 Å². The van der Waals surface area contributed by atoms with E-state index in [0.29, 0.717) is 18.5 Å². The lowest BCUT2D eigenvalue weighted by Crippen LogP contribution is -2.24. The third-order valence-corrected chi connectivity index (χ3v) is 3.27. The molecule has 1 aromatic carbocycles. The SMILES string of the molecule is CC(C)c1ccc(C(=O)NCCCCCC(=O)O)cc1O. The van der Waals surface area contributed by atoms with Crippen LogP contribution in [0.5, 0.6) is 5.75 Å². The van der Waals surface area contributed by atoms with E-state index in [1.807, 2.05) is 13.8 Å². The average molecular weight is 293 g/mol. The average Bonchev–Trinajstić information content (AvgIpc) is 2.41. The van der Waals surface area contributed by atoms with Gasteiger partial charge >= 0.3 is 5.97 Å². The Balaban J connectivity index is 2.39. The first kappa shape index (κ1) is 17.0. The third kappa shape index (κ3) is 5.85. The number of nitrogens with one attached hydrogen (secondary N) is 1. The van der Waals surface area contributed by atoms with Crippen molar-refractivity contribution in [3.05, 3.63) is 29.3 Å². The Kier molecular flexibility index (Phi) is 6.72. The molecule has 0 radical (unpaired) electrons. The Hall–Kier alpha value is -2.04. The molecule has 0 aliphatic rings. The monoisotopic (exact) mass is 293 g/mol. The van der Waals surface area contributed by atoms with Crippen molar-refractivity contribution < 1.29 is 19.8 Å². The molecule has 1 amide bonds. The Labute approximate surface area is 125 Å². The molecule has 0 saturated carbocycles. The summed E-state index contributed by atoms with van der Waals surface area (Å²) in [4.78, 5) is 22.2. The second-order valence-electron chi connectivity index (χ2n) is 5.39. The van der Waals surface area contributed by atoms with Crippen LogP contribution in [-0.2, 0) is 4.79 Å². The van der Waals surface area contributed by atoms with Gasteiger partial charge in [-0.1, -0.05) is 26.3 Å². The van der Waals surface area contributed by atoms with Gasteiger partial charge < -0.3 is 15.5 Å². The molecule has 1 rings (SSSR count). The van der Waals surface area contributed by atoms with Crippen molar-refractivity contribution in [2.24, 2.45) is 0 Å². The molecule has 5 nitrogen and oxygen atoms in total. The summed E-state index contributed by atoms with van der Waals surface area (Å²) in [5.41, 5.74) is 1.25. The highest BCUT2D eigenvalue weighted by atomic mass is 16.4. The molecule has 21 heavy (non-hydrogen) atoms. The lowest BCUT2D eigenvalue weighted by atomic mass is 10.00. The molecule has 0 aliphatic carbocycles. The molecule has 0 atom stereocenters. The molecule has 0 aliphatic heterocycles. The fourth-order valence-electron chi connectivity index (χ4n) is 2.06. The van der Waals surface area contributed by atoms with Crippen molar-refractivity contribution in [2.75, 3.05) is 6.54 Å². The second-order valence-corrected chi connectivity index (χ2v) is 5.39. The maximum atomic E-state index is 11.9. The van der Waals surface area contributed by atoms with Crippen LogP contribution in [0.25, 0.3) is 0 Å². The van der Waals surface area contributed by atoms with E-state index in [2.05, 4.69) is 5.32 Å². The zero-order chi connectivity index (χ0) is 15.8. The van der Waals surface area contributed by atoms with Gasteiger partial charge in [0.2, 0.25) is 0 Å². The number of carbonyl (C=O) groups is 2. The van der Waals surface area contributed by atoms with Crippen molar-refractivity contribution in [3.8, 4) is 5.75 Å². The molecule has 0 heterocycles. The number of hydrogen-bond acceptors (Lipinski definition) is 3. The maximum absolute atomic E-state index is 11.9. The van der Waals surface area contributed by atoms with E-state index in [1.54, 1.807) is 12.1 Å².